The Kier molecular flexibility index (Phi) is 7.20. The molecule has 122 valence electrons. The maximum Gasteiger partial charge on any atom is 0.123 e. The number of oxime groups is 1. The van der Waals surface area contributed by atoms with E-state index in [1.165, 1.54) is 50.7 Å². The first-order valence-electron chi connectivity index (χ1n) is 8.52. The van der Waals surface area contributed by atoms with Crippen LogP contribution in [0.2, 0.25) is 0 Å². The molecule has 1 aliphatic carbocycles. The molecule has 1 saturated carbocycles. The predicted molar refractivity (Wildman–Crippen MR) is 89.2 cm³/mol. The Balaban J connectivity index is 2.01. The van der Waals surface area contributed by atoms with Crippen molar-refractivity contribution in [1.82, 2.24) is 0 Å². The van der Waals surface area contributed by atoms with Crippen molar-refractivity contribution in [3.63, 3.8) is 0 Å². The van der Waals surface area contributed by atoms with Crippen molar-refractivity contribution in [2.45, 2.75) is 70.3 Å². The largest absolute Gasteiger partial charge is 0.411 e. The van der Waals surface area contributed by atoms with E-state index >= 15 is 0 Å². The Morgan fingerprint density at radius 3 is 2.14 bits per heavy atom. The molecule has 1 aromatic rings. The summed E-state index contributed by atoms with van der Waals surface area (Å²) in [6.45, 7) is 0. The lowest BCUT2D eigenvalue weighted by Gasteiger charge is -2.22. The van der Waals surface area contributed by atoms with E-state index in [9.17, 15) is 9.60 Å². The summed E-state index contributed by atoms with van der Waals surface area (Å²) in [6.07, 6.45) is 11.6. The summed E-state index contributed by atoms with van der Waals surface area (Å²) in [5.41, 5.74) is 1.70. The summed E-state index contributed by atoms with van der Waals surface area (Å²) in [5, 5.41) is 16.3. The van der Waals surface area contributed by atoms with Crippen LogP contribution >= 0.6 is 0 Å². The molecule has 3 nitrogen and oxygen atoms in total. The molecule has 0 saturated heterocycles. The molecule has 1 unspecified atom stereocenters. The van der Waals surface area contributed by atoms with Gasteiger partial charge in [-0.2, -0.15) is 0 Å². The number of rotatable bonds is 2. The number of nitrogens with zero attached hydrogens (tertiary/aromatic N) is 1. The van der Waals surface area contributed by atoms with Crippen molar-refractivity contribution in [2.24, 2.45) is 5.16 Å². The fraction of sp³-hybridized carbons (Fsp3) is 0.611. The van der Waals surface area contributed by atoms with Crippen molar-refractivity contribution < 1.29 is 9.60 Å². The zero-order valence-electron chi connectivity index (χ0n) is 13.2. The van der Waals surface area contributed by atoms with Crippen LogP contribution in [0.5, 0.6) is 0 Å². The molecule has 2 rings (SSSR count). The fourth-order valence-electron chi connectivity index (χ4n) is 3.08. The highest BCUT2D eigenvalue weighted by Gasteiger charge is 2.17. The molecule has 0 amide bonds. The van der Waals surface area contributed by atoms with Gasteiger partial charge in [0, 0.05) is 5.69 Å². The summed E-state index contributed by atoms with van der Waals surface area (Å²) < 4.78 is 13.0. The minimum Gasteiger partial charge on any atom is -0.411 e. The highest BCUT2D eigenvalue weighted by molar-refractivity contribution is 5.91. The van der Waals surface area contributed by atoms with Crippen LogP contribution < -0.4 is 5.32 Å². The van der Waals surface area contributed by atoms with Crippen molar-refractivity contribution in [3.8, 4) is 0 Å². The van der Waals surface area contributed by atoms with Gasteiger partial charge in [-0.3, -0.25) is 0 Å². The van der Waals surface area contributed by atoms with E-state index in [0.29, 0.717) is 0 Å². The van der Waals surface area contributed by atoms with Crippen LogP contribution in [0.3, 0.4) is 0 Å². The molecule has 2 N–H and O–H groups in total. The van der Waals surface area contributed by atoms with E-state index in [2.05, 4.69) is 10.5 Å². The molecular weight excluding hydrogens is 279 g/mol. The van der Waals surface area contributed by atoms with E-state index in [4.69, 9.17) is 0 Å². The van der Waals surface area contributed by atoms with E-state index in [-0.39, 0.29) is 11.9 Å². The van der Waals surface area contributed by atoms with Crippen LogP contribution in [0, 0.1) is 5.82 Å². The molecule has 0 aromatic heterocycles. The molecular formula is C18H27FN2O. The highest BCUT2D eigenvalue weighted by Crippen LogP contribution is 2.19. The lowest BCUT2D eigenvalue weighted by atomic mass is 9.96. The van der Waals surface area contributed by atoms with Gasteiger partial charge in [-0.15, -0.1) is 0 Å². The zero-order chi connectivity index (χ0) is 15.6. The first kappa shape index (κ1) is 16.8. The Labute approximate surface area is 132 Å². The third-order valence-corrected chi connectivity index (χ3v) is 4.39. The molecule has 1 aliphatic rings. The van der Waals surface area contributed by atoms with E-state index in [0.717, 1.165) is 37.1 Å². The first-order chi connectivity index (χ1) is 10.8. The standard InChI is InChI=1S/C18H27FN2O/c19-15-11-13-16(14-12-15)20-17-9-7-5-3-1-2-4-6-8-10-18(17)21-22/h11-14,17,20,22H,1-10H2/b21-18-. The van der Waals surface area contributed by atoms with Gasteiger partial charge >= 0.3 is 0 Å². The van der Waals surface area contributed by atoms with Gasteiger partial charge in [0.2, 0.25) is 0 Å². The molecule has 1 aromatic carbocycles. The Bertz CT molecular complexity index is 459. The minimum atomic E-state index is -0.236. The second kappa shape index (κ2) is 9.44. The molecule has 0 radical (unpaired) electrons. The average molecular weight is 306 g/mol. The molecule has 1 atom stereocenters. The SMILES string of the molecule is O/N=C1/CCCCCCCCCCC1Nc1ccc(F)cc1. The van der Waals surface area contributed by atoms with E-state index in [1.807, 2.05) is 0 Å². The Hall–Kier alpha value is -1.58. The van der Waals surface area contributed by atoms with Crippen molar-refractivity contribution >= 4 is 11.4 Å². The summed E-state index contributed by atoms with van der Waals surface area (Å²) >= 11 is 0. The van der Waals surface area contributed by atoms with E-state index in [1.54, 1.807) is 12.1 Å². The van der Waals surface area contributed by atoms with Gasteiger partial charge in [0.05, 0.1) is 11.8 Å². The smallest absolute Gasteiger partial charge is 0.123 e. The van der Waals surface area contributed by atoms with Crippen LogP contribution in [-0.4, -0.2) is 17.0 Å². The monoisotopic (exact) mass is 306 g/mol. The number of anilines is 1. The molecule has 0 bridgehead atoms. The van der Waals surface area contributed by atoms with Crippen LogP contribution in [0.4, 0.5) is 10.1 Å². The second-order valence-electron chi connectivity index (χ2n) is 6.16. The van der Waals surface area contributed by atoms with Crippen molar-refractivity contribution in [2.75, 3.05) is 5.32 Å². The Morgan fingerprint density at radius 1 is 0.909 bits per heavy atom. The van der Waals surface area contributed by atoms with Crippen LogP contribution in [0.1, 0.15) is 64.2 Å². The van der Waals surface area contributed by atoms with Crippen molar-refractivity contribution in [1.29, 1.82) is 0 Å². The fourth-order valence-corrected chi connectivity index (χ4v) is 3.08. The zero-order valence-corrected chi connectivity index (χ0v) is 13.2. The summed E-state index contributed by atoms with van der Waals surface area (Å²) in [4.78, 5) is 0. The third-order valence-electron chi connectivity index (χ3n) is 4.39. The molecule has 0 heterocycles. The van der Waals surface area contributed by atoms with Crippen LogP contribution in [-0.2, 0) is 0 Å². The number of benzene rings is 1. The molecule has 0 spiro atoms. The number of halogens is 1. The molecule has 1 fully saturated rings. The number of hydrogen-bond donors (Lipinski definition) is 2. The van der Waals surface area contributed by atoms with E-state index < -0.39 is 0 Å². The predicted octanol–water partition coefficient (Wildman–Crippen LogP) is 5.35. The van der Waals surface area contributed by atoms with Gasteiger partial charge in [0.1, 0.15) is 5.82 Å². The summed E-state index contributed by atoms with van der Waals surface area (Å²) in [5.74, 6) is -0.236. The lowest BCUT2D eigenvalue weighted by molar-refractivity contribution is 0.314. The van der Waals surface area contributed by atoms with Gasteiger partial charge in [-0.25, -0.2) is 4.39 Å². The van der Waals surface area contributed by atoms with Crippen molar-refractivity contribution in [3.05, 3.63) is 30.1 Å². The quantitative estimate of drug-likeness (QED) is 0.571. The summed E-state index contributed by atoms with van der Waals surface area (Å²) in [6, 6.07) is 6.41. The van der Waals surface area contributed by atoms with Gasteiger partial charge < -0.3 is 10.5 Å². The van der Waals surface area contributed by atoms with Gasteiger partial charge in [0.25, 0.3) is 0 Å². The normalized spacial score (nSPS) is 23.5. The summed E-state index contributed by atoms with van der Waals surface area (Å²) in [7, 11) is 0. The first-order valence-corrected chi connectivity index (χ1v) is 8.52. The van der Waals surface area contributed by atoms with Crippen LogP contribution in [0.15, 0.2) is 29.4 Å². The average Bonchev–Trinajstić information content (AvgIpc) is 2.52. The lowest BCUT2D eigenvalue weighted by Crippen LogP contribution is -2.30. The van der Waals surface area contributed by atoms with Gasteiger partial charge in [-0.05, 0) is 43.5 Å². The number of hydrogen-bond acceptors (Lipinski definition) is 3. The minimum absolute atomic E-state index is 0.0369. The second-order valence-corrected chi connectivity index (χ2v) is 6.16. The molecule has 4 heteroatoms. The Morgan fingerprint density at radius 2 is 1.50 bits per heavy atom. The topological polar surface area (TPSA) is 44.6 Å². The molecule has 0 aliphatic heterocycles. The highest BCUT2D eigenvalue weighted by atomic mass is 19.1. The maximum atomic E-state index is 13.0. The van der Waals surface area contributed by atoms with Gasteiger partial charge in [0.15, 0.2) is 0 Å². The maximum absolute atomic E-state index is 13.0. The van der Waals surface area contributed by atoms with Gasteiger partial charge in [-0.1, -0.05) is 50.1 Å². The van der Waals surface area contributed by atoms with Crippen LogP contribution in [0.25, 0.3) is 0 Å². The third kappa shape index (κ3) is 5.66. The number of nitrogens with one attached hydrogen (secondary N) is 1. The molecule has 22 heavy (non-hydrogen) atoms.